The fraction of sp³-hybridized carbons (Fsp3) is 0.333. The summed E-state index contributed by atoms with van der Waals surface area (Å²) in [6.07, 6.45) is 8.02. The Morgan fingerprint density at radius 1 is 1.21 bits per heavy atom. The molecule has 0 saturated carbocycles. The van der Waals surface area contributed by atoms with Crippen molar-refractivity contribution in [2.45, 2.75) is 25.6 Å². The van der Waals surface area contributed by atoms with E-state index in [0.29, 0.717) is 13.1 Å². The van der Waals surface area contributed by atoms with E-state index in [9.17, 15) is 4.79 Å². The number of aromatic nitrogens is 4. The maximum atomic E-state index is 13.5. The van der Waals surface area contributed by atoms with Gasteiger partial charge < -0.3 is 9.47 Å². The third-order valence-corrected chi connectivity index (χ3v) is 5.17. The number of nitrogens with zero attached hydrogens (tertiary/aromatic N) is 6. The highest BCUT2D eigenvalue weighted by molar-refractivity contribution is 5.83. The molecule has 0 fully saturated rings. The first-order valence-electron chi connectivity index (χ1n) is 9.41. The number of imidazole rings is 1. The van der Waals surface area contributed by atoms with Gasteiger partial charge in [-0.3, -0.25) is 19.7 Å². The van der Waals surface area contributed by atoms with E-state index in [-0.39, 0.29) is 11.9 Å². The maximum Gasteiger partial charge on any atom is 0.246 e. The van der Waals surface area contributed by atoms with E-state index in [0.717, 1.165) is 35.6 Å². The summed E-state index contributed by atoms with van der Waals surface area (Å²) in [6.45, 7) is 1.93. The van der Waals surface area contributed by atoms with Crippen molar-refractivity contribution in [3.8, 4) is 0 Å². The van der Waals surface area contributed by atoms with Crippen LogP contribution in [0, 0.1) is 0 Å². The van der Waals surface area contributed by atoms with Gasteiger partial charge in [-0.15, -0.1) is 0 Å². The minimum Gasteiger partial charge on any atom is -0.338 e. The van der Waals surface area contributed by atoms with Crippen LogP contribution in [-0.4, -0.2) is 48.8 Å². The van der Waals surface area contributed by atoms with Gasteiger partial charge in [0, 0.05) is 52.2 Å². The van der Waals surface area contributed by atoms with E-state index >= 15 is 0 Å². The minimum absolute atomic E-state index is 0.0547. The fourth-order valence-electron chi connectivity index (χ4n) is 3.77. The van der Waals surface area contributed by atoms with E-state index in [1.165, 1.54) is 0 Å². The monoisotopic (exact) mass is 376 g/mol. The fourth-order valence-corrected chi connectivity index (χ4v) is 3.77. The molecular weight excluding hydrogens is 352 g/mol. The molecule has 7 nitrogen and oxygen atoms in total. The van der Waals surface area contributed by atoms with E-state index in [2.05, 4.69) is 19.9 Å². The molecule has 0 spiro atoms. The van der Waals surface area contributed by atoms with Crippen molar-refractivity contribution in [1.29, 1.82) is 0 Å². The number of hydrogen-bond acceptors (Lipinski definition) is 5. The van der Waals surface area contributed by atoms with Crippen molar-refractivity contribution in [3.63, 3.8) is 0 Å². The lowest BCUT2D eigenvalue weighted by Gasteiger charge is -2.37. The predicted octanol–water partition coefficient (Wildman–Crippen LogP) is 1.97. The second-order valence-electron chi connectivity index (χ2n) is 7.19. The average Bonchev–Trinajstić information content (AvgIpc) is 3.10. The second kappa shape index (κ2) is 7.90. The number of fused-ring (bicyclic) bond motifs is 1. The number of rotatable bonds is 5. The first-order valence-corrected chi connectivity index (χ1v) is 9.41. The van der Waals surface area contributed by atoms with Crippen LogP contribution in [0.4, 0.5) is 0 Å². The highest BCUT2D eigenvalue weighted by atomic mass is 16.2. The van der Waals surface area contributed by atoms with Crippen molar-refractivity contribution >= 4 is 5.91 Å². The normalized spacial score (nSPS) is 16.6. The van der Waals surface area contributed by atoms with Crippen LogP contribution in [0.25, 0.3) is 0 Å². The van der Waals surface area contributed by atoms with Gasteiger partial charge in [0.05, 0.1) is 30.0 Å². The Balaban J connectivity index is 1.62. The number of hydrogen-bond donors (Lipinski definition) is 0. The highest BCUT2D eigenvalue weighted by Gasteiger charge is 2.37. The predicted molar refractivity (Wildman–Crippen MR) is 105 cm³/mol. The molecule has 1 atom stereocenters. The Morgan fingerprint density at radius 3 is 2.86 bits per heavy atom. The molecule has 3 aromatic heterocycles. The van der Waals surface area contributed by atoms with Crippen molar-refractivity contribution in [2.75, 3.05) is 13.6 Å². The summed E-state index contributed by atoms with van der Waals surface area (Å²) in [5.74, 6) is 0.0547. The van der Waals surface area contributed by atoms with Crippen LogP contribution in [0.1, 0.15) is 28.7 Å². The number of carbonyl (C=O) groups is 1. The van der Waals surface area contributed by atoms with Crippen LogP contribution in [0.15, 0.2) is 55.2 Å². The van der Waals surface area contributed by atoms with Crippen LogP contribution in [0.2, 0.25) is 0 Å². The summed E-state index contributed by atoms with van der Waals surface area (Å²) in [5.41, 5.74) is 3.96. The largest absolute Gasteiger partial charge is 0.338 e. The standard InChI is InChI=1S/C21H24N6O/c1-25(14-17-7-3-4-10-23-17)21(28)20-19-18(24-15-26(19)2)8-11-27(20)13-16-6-5-9-22-12-16/h3-7,9-10,12,15,20H,8,11,13-14H2,1-2H3. The van der Waals surface area contributed by atoms with Gasteiger partial charge in [-0.2, -0.15) is 0 Å². The molecule has 1 unspecified atom stereocenters. The van der Waals surface area contributed by atoms with Crippen LogP contribution in [0.5, 0.6) is 0 Å². The molecule has 0 saturated heterocycles. The van der Waals surface area contributed by atoms with Gasteiger partial charge in [-0.1, -0.05) is 12.1 Å². The molecule has 4 heterocycles. The summed E-state index contributed by atoms with van der Waals surface area (Å²) in [7, 11) is 3.79. The molecule has 1 aliphatic heterocycles. The van der Waals surface area contributed by atoms with Crippen molar-refractivity contribution < 1.29 is 4.79 Å². The Kier molecular flexibility index (Phi) is 5.16. The lowest BCUT2D eigenvalue weighted by atomic mass is 10.00. The van der Waals surface area contributed by atoms with Crippen molar-refractivity contribution in [3.05, 3.63) is 77.9 Å². The molecular formula is C21H24N6O. The molecule has 0 N–H and O–H groups in total. The van der Waals surface area contributed by atoms with Gasteiger partial charge in [0.15, 0.2) is 0 Å². The summed E-state index contributed by atoms with van der Waals surface area (Å²) in [5, 5.41) is 0. The lowest BCUT2D eigenvalue weighted by molar-refractivity contribution is -0.137. The Hall–Kier alpha value is -3.06. The van der Waals surface area contributed by atoms with E-state index in [4.69, 9.17) is 0 Å². The molecule has 0 aliphatic carbocycles. The number of likely N-dealkylation sites (N-methyl/N-ethyl adjacent to an activating group) is 1. The average molecular weight is 376 g/mol. The Labute approximate surface area is 164 Å². The molecule has 144 valence electrons. The summed E-state index contributed by atoms with van der Waals surface area (Å²) >= 11 is 0. The molecule has 0 aromatic carbocycles. The van der Waals surface area contributed by atoms with Gasteiger partial charge >= 0.3 is 0 Å². The third kappa shape index (κ3) is 3.66. The molecule has 1 aliphatic rings. The van der Waals surface area contributed by atoms with Crippen LogP contribution in [0.3, 0.4) is 0 Å². The maximum absolute atomic E-state index is 13.5. The van der Waals surface area contributed by atoms with Gasteiger partial charge in [-0.05, 0) is 23.8 Å². The molecule has 7 heteroatoms. The second-order valence-corrected chi connectivity index (χ2v) is 7.19. The van der Waals surface area contributed by atoms with Crippen molar-refractivity contribution in [1.82, 2.24) is 29.3 Å². The smallest absolute Gasteiger partial charge is 0.246 e. The number of aryl methyl sites for hydroxylation is 1. The van der Waals surface area contributed by atoms with Gasteiger partial charge in [0.25, 0.3) is 0 Å². The first-order chi connectivity index (χ1) is 13.6. The van der Waals surface area contributed by atoms with E-state index in [1.807, 2.05) is 55.2 Å². The van der Waals surface area contributed by atoms with Crippen molar-refractivity contribution in [2.24, 2.45) is 7.05 Å². The minimum atomic E-state index is -0.370. The quantitative estimate of drug-likeness (QED) is 0.681. The van der Waals surface area contributed by atoms with Gasteiger partial charge in [0.2, 0.25) is 5.91 Å². The Morgan fingerprint density at radius 2 is 2.11 bits per heavy atom. The summed E-state index contributed by atoms with van der Waals surface area (Å²) in [4.78, 5) is 30.6. The van der Waals surface area contributed by atoms with E-state index < -0.39 is 0 Å². The number of pyridine rings is 2. The number of carbonyl (C=O) groups excluding carboxylic acids is 1. The zero-order chi connectivity index (χ0) is 19.5. The lowest BCUT2D eigenvalue weighted by Crippen LogP contribution is -2.45. The molecule has 0 radical (unpaired) electrons. The zero-order valence-electron chi connectivity index (χ0n) is 16.2. The van der Waals surface area contributed by atoms with Crippen LogP contribution >= 0.6 is 0 Å². The number of amides is 1. The SMILES string of the molecule is CN(Cc1ccccn1)C(=O)C1c2c(ncn2C)CCN1Cc1cccnc1. The molecule has 1 amide bonds. The molecule has 0 bridgehead atoms. The summed E-state index contributed by atoms with van der Waals surface area (Å²) in [6, 6.07) is 9.36. The van der Waals surface area contributed by atoms with Crippen LogP contribution in [-0.2, 0) is 31.4 Å². The molecule has 28 heavy (non-hydrogen) atoms. The first kappa shape index (κ1) is 18.3. The Bertz CT molecular complexity index is 940. The van der Waals surface area contributed by atoms with E-state index in [1.54, 1.807) is 23.6 Å². The van der Waals surface area contributed by atoms with Gasteiger partial charge in [-0.25, -0.2) is 4.98 Å². The highest BCUT2D eigenvalue weighted by Crippen LogP contribution is 2.31. The molecule has 3 aromatic rings. The van der Waals surface area contributed by atoms with Gasteiger partial charge in [0.1, 0.15) is 6.04 Å². The zero-order valence-corrected chi connectivity index (χ0v) is 16.2. The topological polar surface area (TPSA) is 67.2 Å². The third-order valence-electron chi connectivity index (χ3n) is 5.17. The summed E-state index contributed by atoms with van der Waals surface area (Å²) < 4.78 is 1.97. The molecule has 4 rings (SSSR count). The van der Waals surface area contributed by atoms with Crippen LogP contribution < -0.4 is 0 Å².